The predicted molar refractivity (Wildman–Crippen MR) is 62.9 cm³/mol. The molecule has 1 amide bonds. The Kier molecular flexibility index (Phi) is 4.62. The molecule has 6 heteroatoms. The van der Waals surface area contributed by atoms with Crippen molar-refractivity contribution in [3.63, 3.8) is 0 Å². The molecule has 92 valence electrons. The Morgan fingerprint density at radius 1 is 1.53 bits per heavy atom. The van der Waals surface area contributed by atoms with Gasteiger partial charge < -0.3 is 10.4 Å². The van der Waals surface area contributed by atoms with Crippen LogP contribution in [0.1, 0.15) is 24.9 Å². The van der Waals surface area contributed by atoms with Crippen LogP contribution in [0.2, 0.25) is 0 Å². The van der Waals surface area contributed by atoms with Gasteiger partial charge in [-0.25, -0.2) is 4.39 Å². The van der Waals surface area contributed by atoms with Crippen molar-refractivity contribution in [3.8, 4) is 0 Å². The highest BCUT2D eigenvalue weighted by Crippen LogP contribution is 2.26. The molecule has 0 aliphatic rings. The van der Waals surface area contributed by atoms with Crippen molar-refractivity contribution in [2.45, 2.75) is 19.4 Å². The van der Waals surface area contributed by atoms with Crippen LogP contribution in [-0.4, -0.2) is 17.0 Å². The quantitative estimate of drug-likeness (QED) is 0.896. The van der Waals surface area contributed by atoms with Gasteiger partial charge >= 0.3 is 5.97 Å². The molecule has 0 unspecified atom stereocenters. The Labute approximate surface area is 106 Å². The Bertz CT molecular complexity index is 434. The highest BCUT2D eigenvalue weighted by molar-refractivity contribution is 9.10. The second kappa shape index (κ2) is 5.77. The summed E-state index contributed by atoms with van der Waals surface area (Å²) < 4.78 is 13.3. The SMILES string of the molecule is CC(=O)N[C@@H](CC(=O)O)c1ccc(F)cc1Br. The van der Waals surface area contributed by atoms with E-state index in [4.69, 9.17) is 5.11 Å². The largest absolute Gasteiger partial charge is 0.481 e. The number of halogens is 2. The number of carbonyl (C=O) groups is 2. The highest BCUT2D eigenvalue weighted by Gasteiger charge is 2.19. The van der Waals surface area contributed by atoms with E-state index in [2.05, 4.69) is 21.2 Å². The Morgan fingerprint density at radius 3 is 2.65 bits per heavy atom. The number of hydrogen-bond acceptors (Lipinski definition) is 2. The molecular formula is C11H11BrFNO3. The molecule has 0 saturated heterocycles. The van der Waals surface area contributed by atoms with Crippen LogP contribution in [0.15, 0.2) is 22.7 Å². The molecule has 0 fully saturated rings. The van der Waals surface area contributed by atoms with Crippen LogP contribution in [-0.2, 0) is 9.59 Å². The molecule has 1 aromatic rings. The highest BCUT2D eigenvalue weighted by atomic mass is 79.9. The zero-order valence-corrected chi connectivity index (χ0v) is 10.6. The van der Waals surface area contributed by atoms with Crippen LogP contribution in [0, 0.1) is 5.82 Å². The van der Waals surface area contributed by atoms with E-state index < -0.39 is 17.8 Å². The molecule has 0 heterocycles. The number of hydrogen-bond donors (Lipinski definition) is 2. The summed E-state index contributed by atoms with van der Waals surface area (Å²) in [7, 11) is 0. The minimum atomic E-state index is -1.04. The lowest BCUT2D eigenvalue weighted by molar-refractivity contribution is -0.137. The lowest BCUT2D eigenvalue weighted by Crippen LogP contribution is -2.28. The number of benzene rings is 1. The average Bonchev–Trinajstić information content (AvgIpc) is 2.14. The van der Waals surface area contributed by atoms with E-state index in [1.54, 1.807) is 0 Å². The van der Waals surface area contributed by atoms with E-state index in [1.165, 1.54) is 25.1 Å². The molecule has 1 rings (SSSR count). The van der Waals surface area contributed by atoms with E-state index in [0.29, 0.717) is 10.0 Å². The van der Waals surface area contributed by atoms with Gasteiger partial charge in [-0.3, -0.25) is 9.59 Å². The van der Waals surface area contributed by atoms with Gasteiger partial charge in [-0.2, -0.15) is 0 Å². The molecule has 0 aromatic heterocycles. The average molecular weight is 304 g/mol. The minimum Gasteiger partial charge on any atom is -0.481 e. The molecule has 0 spiro atoms. The third kappa shape index (κ3) is 4.14. The zero-order chi connectivity index (χ0) is 13.0. The summed E-state index contributed by atoms with van der Waals surface area (Å²) in [5.41, 5.74) is 0.531. The fraction of sp³-hybridized carbons (Fsp3) is 0.273. The maximum absolute atomic E-state index is 12.9. The monoisotopic (exact) mass is 303 g/mol. The van der Waals surface area contributed by atoms with Crippen molar-refractivity contribution in [2.75, 3.05) is 0 Å². The van der Waals surface area contributed by atoms with E-state index >= 15 is 0 Å². The summed E-state index contributed by atoms with van der Waals surface area (Å²) in [5.74, 6) is -1.81. The topological polar surface area (TPSA) is 66.4 Å². The van der Waals surface area contributed by atoms with Crippen molar-refractivity contribution in [2.24, 2.45) is 0 Å². The third-order valence-electron chi connectivity index (χ3n) is 2.09. The fourth-order valence-electron chi connectivity index (χ4n) is 1.44. The molecule has 17 heavy (non-hydrogen) atoms. The maximum atomic E-state index is 12.9. The first-order chi connectivity index (χ1) is 7.90. The van der Waals surface area contributed by atoms with Crippen molar-refractivity contribution in [1.82, 2.24) is 5.32 Å². The molecule has 0 radical (unpaired) electrons. The van der Waals surface area contributed by atoms with Crippen LogP contribution in [0.25, 0.3) is 0 Å². The molecule has 0 saturated carbocycles. The lowest BCUT2D eigenvalue weighted by atomic mass is 10.0. The first kappa shape index (κ1) is 13.6. The summed E-state index contributed by atoms with van der Waals surface area (Å²) in [6.45, 7) is 1.30. The van der Waals surface area contributed by atoms with Gasteiger partial charge in [-0.15, -0.1) is 0 Å². The lowest BCUT2D eigenvalue weighted by Gasteiger charge is -2.17. The number of rotatable bonds is 4. The van der Waals surface area contributed by atoms with Crippen molar-refractivity contribution < 1.29 is 19.1 Å². The van der Waals surface area contributed by atoms with Gasteiger partial charge in [0.05, 0.1) is 12.5 Å². The number of carboxylic acid groups (broad SMARTS) is 1. The van der Waals surface area contributed by atoms with Crippen molar-refractivity contribution in [3.05, 3.63) is 34.1 Å². The number of amides is 1. The van der Waals surface area contributed by atoms with Gasteiger partial charge in [-0.05, 0) is 17.7 Å². The summed E-state index contributed by atoms with van der Waals surface area (Å²) in [6, 6.07) is 3.21. The Balaban J connectivity index is 3.02. The second-order valence-corrected chi connectivity index (χ2v) is 4.37. The third-order valence-corrected chi connectivity index (χ3v) is 2.78. The van der Waals surface area contributed by atoms with Gasteiger partial charge in [0.1, 0.15) is 5.82 Å². The molecule has 1 aromatic carbocycles. The summed E-state index contributed by atoms with van der Waals surface area (Å²) in [4.78, 5) is 21.7. The molecule has 4 nitrogen and oxygen atoms in total. The second-order valence-electron chi connectivity index (χ2n) is 3.52. The van der Waals surface area contributed by atoms with Gasteiger partial charge in [0.15, 0.2) is 0 Å². The number of nitrogens with one attached hydrogen (secondary N) is 1. The van der Waals surface area contributed by atoms with Crippen molar-refractivity contribution in [1.29, 1.82) is 0 Å². The Morgan fingerprint density at radius 2 is 2.18 bits per heavy atom. The predicted octanol–water partition coefficient (Wildman–Crippen LogP) is 2.24. The van der Waals surface area contributed by atoms with E-state index in [9.17, 15) is 14.0 Å². The Hall–Kier alpha value is -1.43. The van der Waals surface area contributed by atoms with Gasteiger partial charge in [0.25, 0.3) is 0 Å². The van der Waals surface area contributed by atoms with Crippen LogP contribution in [0.5, 0.6) is 0 Å². The van der Waals surface area contributed by atoms with Crippen LogP contribution >= 0.6 is 15.9 Å². The van der Waals surface area contributed by atoms with Crippen LogP contribution in [0.4, 0.5) is 4.39 Å². The number of aliphatic carboxylic acids is 1. The summed E-state index contributed by atoms with van der Waals surface area (Å²) in [6.07, 6.45) is -0.260. The van der Waals surface area contributed by atoms with E-state index in [0.717, 1.165) is 0 Å². The van der Waals surface area contributed by atoms with Gasteiger partial charge in [0, 0.05) is 11.4 Å². The molecule has 0 aliphatic carbocycles. The molecule has 1 atom stereocenters. The zero-order valence-electron chi connectivity index (χ0n) is 9.04. The van der Waals surface area contributed by atoms with Gasteiger partial charge in [0.2, 0.25) is 5.91 Å². The van der Waals surface area contributed by atoms with Crippen molar-refractivity contribution >= 4 is 27.8 Å². The van der Waals surface area contributed by atoms with E-state index in [-0.39, 0.29) is 12.3 Å². The summed E-state index contributed by atoms with van der Waals surface area (Å²) in [5, 5.41) is 11.3. The minimum absolute atomic E-state index is 0.260. The molecule has 2 N–H and O–H groups in total. The fourth-order valence-corrected chi connectivity index (χ4v) is 2.07. The first-order valence-corrected chi connectivity index (χ1v) is 5.63. The standard InChI is InChI=1S/C11H11BrFNO3/c1-6(15)14-10(5-11(16)17)8-3-2-7(13)4-9(8)12/h2-4,10H,5H2,1H3,(H,14,15)(H,16,17)/t10-/m0/s1. The number of carboxylic acids is 1. The molecule has 0 aliphatic heterocycles. The normalized spacial score (nSPS) is 11.9. The van der Waals surface area contributed by atoms with Crippen LogP contribution < -0.4 is 5.32 Å². The van der Waals surface area contributed by atoms with Crippen LogP contribution in [0.3, 0.4) is 0 Å². The molecule has 0 bridgehead atoms. The summed E-state index contributed by atoms with van der Waals surface area (Å²) >= 11 is 3.14. The van der Waals surface area contributed by atoms with E-state index in [1.807, 2.05) is 0 Å². The number of carbonyl (C=O) groups excluding carboxylic acids is 1. The van der Waals surface area contributed by atoms with Gasteiger partial charge in [-0.1, -0.05) is 22.0 Å². The molecular weight excluding hydrogens is 293 g/mol. The maximum Gasteiger partial charge on any atom is 0.305 e. The smallest absolute Gasteiger partial charge is 0.305 e. The first-order valence-electron chi connectivity index (χ1n) is 4.84.